The lowest BCUT2D eigenvalue weighted by molar-refractivity contribution is 0.178. The highest BCUT2D eigenvalue weighted by molar-refractivity contribution is 5.47. The maximum atomic E-state index is 10.4. The highest BCUT2D eigenvalue weighted by Gasteiger charge is 2.16. The number of ether oxygens (including phenoxy) is 2. The molecule has 0 spiro atoms. The molecule has 2 heterocycles. The van der Waals surface area contributed by atoms with E-state index in [4.69, 9.17) is 15.2 Å². The van der Waals surface area contributed by atoms with Gasteiger partial charge in [-0.3, -0.25) is 4.98 Å². The third-order valence-corrected chi connectivity index (χ3v) is 3.51. The van der Waals surface area contributed by atoms with Crippen molar-refractivity contribution < 1.29 is 14.6 Å². The van der Waals surface area contributed by atoms with Gasteiger partial charge in [-0.05, 0) is 29.3 Å². The van der Waals surface area contributed by atoms with E-state index >= 15 is 0 Å². The first-order valence-electron chi connectivity index (χ1n) is 7.00. The number of aliphatic hydroxyl groups is 1. The van der Waals surface area contributed by atoms with Gasteiger partial charge in [0.05, 0.1) is 19.3 Å². The molecular formula is C16H18N2O3. The van der Waals surface area contributed by atoms with Crippen LogP contribution in [0.4, 0.5) is 5.69 Å². The van der Waals surface area contributed by atoms with E-state index in [0.717, 1.165) is 23.3 Å². The number of aromatic nitrogens is 1. The SMILES string of the molecule is Nc1ccncc1CC(O)c1ccc2c(c1)OCCCO2. The molecular weight excluding hydrogens is 268 g/mol. The number of nitrogens with zero attached hydrogens (tertiary/aromatic N) is 1. The van der Waals surface area contributed by atoms with Gasteiger partial charge in [-0.1, -0.05) is 6.07 Å². The quantitative estimate of drug-likeness (QED) is 0.903. The predicted octanol–water partition coefficient (Wildman–Crippen LogP) is 2.10. The number of rotatable bonds is 3. The molecule has 1 aliphatic heterocycles. The van der Waals surface area contributed by atoms with Gasteiger partial charge < -0.3 is 20.3 Å². The Hall–Kier alpha value is -2.27. The van der Waals surface area contributed by atoms with Gasteiger partial charge in [-0.15, -0.1) is 0 Å². The average Bonchev–Trinajstić information content (AvgIpc) is 2.74. The zero-order valence-corrected chi connectivity index (χ0v) is 11.7. The summed E-state index contributed by atoms with van der Waals surface area (Å²) in [5.74, 6) is 1.41. The Morgan fingerprint density at radius 3 is 2.81 bits per heavy atom. The number of hydrogen-bond acceptors (Lipinski definition) is 5. The number of nitrogens with two attached hydrogens (primary N) is 1. The molecule has 1 aliphatic rings. The van der Waals surface area contributed by atoms with Crippen LogP contribution in [0.5, 0.6) is 11.5 Å². The van der Waals surface area contributed by atoms with Crippen molar-refractivity contribution in [2.24, 2.45) is 0 Å². The molecule has 1 unspecified atom stereocenters. The minimum absolute atomic E-state index is 0.416. The van der Waals surface area contributed by atoms with Crippen molar-refractivity contribution in [3.8, 4) is 11.5 Å². The molecule has 0 aliphatic carbocycles. The van der Waals surface area contributed by atoms with Gasteiger partial charge in [0.1, 0.15) is 0 Å². The van der Waals surface area contributed by atoms with Crippen LogP contribution < -0.4 is 15.2 Å². The first kappa shape index (κ1) is 13.7. The zero-order valence-electron chi connectivity index (χ0n) is 11.7. The summed E-state index contributed by atoms with van der Waals surface area (Å²) in [4.78, 5) is 4.04. The lowest BCUT2D eigenvalue weighted by atomic mass is 10.0. The van der Waals surface area contributed by atoms with E-state index < -0.39 is 6.10 Å². The fraction of sp³-hybridized carbons (Fsp3) is 0.312. The lowest BCUT2D eigenvalue weighted by Crippen LogP contribution is -2.05. The molecule has 0 bridgehead atoms. The van der Waals surface area contributed by atoms with E-state index in [1.54, 1.807) is 18.5 Å². The van der Waals surface area contributed by atoms with Crippen LogP contribution in [-0.2, 0) is 6.42 Å². The van der Waals surface area contributed by atoms with Gasteiger partial charge in [-0.25, -0.2) is 0 Å². The highest BCUT2D eigenvalue weighted by Crippen LogP contribution is 2.33. The Morgan fingerprint density at radius 2 is 2.00 bits per heavy atom. The van der Waals surface area contributed by atoms with Gasteiger partial charge >= 0.3 is 0 Å². The van der Waals surface area contributed by atoms with E-state index in [1.807, 2.05) is 18.2 Å². The lowest BCUT2D eigenvalue weighted by Gasteiger charge is -2.15. The Balaban J connectivity index is 1.80. The van der Waals surface area contributed by atoms with Crippen LogP contribution in [0.15, 0.2) is 36.7 Å². The molecule has 5 nitrogen and oxygen atoms in total. The second kappa shape index (κ2) is 6.01. The standard InChI is InChI=1S/C16H18N2O3/c17-13-4-5-18-10-12(13)8-14(19)11-2-3-15-16(9-11)21-7-1-6-20-15/h2-5,9-10,14,19H,1,6-8H2,(H2,17,18). The highest BCUT2D eigenvalue weighted by atomic mass is 16.5. The fourth-order valence-corrected chi connectivity index (χ4v) is 2.32. The van der Waals surface area contributed by atoms with Crippen molar-refractivity contribution in [3.05, 3.63) is 47.8 Å². The monoisotopic (exact) mass is 286 g/mol. The molecule has 0 amide bonds. The van der Waals surface area contributed by atoms with Crippen LogP contribution in [0.3, 0.4) is 0 Å². The number of benzene rings is 1. The average molecular weight is 286 g/mol. The molecule has 0 saturated carbocycles. The molecule has 2 aromatic rings. The summed E-state index contributed by atoms with van der Waals surface area (Å²) < 4.78 is 11.2. The summed E-state index contributed by atoms with van der Waals surface area (Å²) in [5.41, 5.74) is 8.13. The number of fused-ring (bicyclic) bond motifs is 1. The van der Waals surface area contributed by atoms with Crippen LogP contribution in [0, 0.1) is 0 Å². The van der Waals surface area contributed by atoms with Gasteiger partial charge in [0.15, 0.2) is 11.5 Å². The van der Waals surface area contributed by atoms with Crippen LogP contribution >= 0.6 is 0 Å². The second-order valence-electron chi connectivity index (χ2n) is 5.05. The number of nitrogen functional groups attached to an aromatic ring is 1. The Bertz CT molecular complexity index is 631. The van der Waals surface area contributed by atoms with E-state index in [0.29, 0.717) is 31.1 Å². The number of hydrogen-bond donors (Lipinski definition) is 2. The van der Waals surface area contributed by atoms with Crippen molar-refractivity contribution in [3.63, 3.8) is 0 Å². The summed E-state index contributed by atoms with van der Waals surface area (Å²) in [5, 5.41) is 10.4. The van der Waals surface area contributed by atoms with Gasteiger partial charge in [0.25, 0.3) is 0 Å². The van der Waals surface area contributed by atoms with Crippen molar-refractivity contribution in [1.82, 2.24) is 4.98 Å². The summed E-state index contributed by atoms with van der Waals surface area (Å²) in [6.45, 7) is 1.28. The topological polar surface area (TPSA) is 77.6 Å². The number of pyridine rings is 1. The Morgan fingerprint density at radius 1 is 1.19 bits per heavy atom. The summed E-state index contributed by atoms with van der Waals surface area (Å²) in [6.07, 6.45) is 3.94. The predicted molar refractivity (Wildman–Crippen MR) is 79.4 cm³/mol. The van der Waals surface area contributed by atoms with Crippen molar-refractivity contribution in [2.75, 3.05) is 18.9 Å². The minimum Gasteiger partial charge on any atom is -0.490 e. The minimum atomic E-state index is -0.659. The first-order chi connectivity index (χ1) is 10.2. The van der Waals surface area contributed by atoms with Crippen LogP contribution in [0.2, 0.25) is 0 Å². The van der Waals surface area contributed by atoms with Crippen molar-refractivity contribution in [1.29, 1.82) is 0 Å². The summed E-state index contributed by atoms with van der Waals surface area (Å²) in [7, 11) is 0. The van der Waals surface area contributed by atoms with Gasteiger partial charge in [0.2, 0.25) is 0 Å². The summed E-state index contributed by atoms with van der Waals surface area (Å²) >= 11 is 0. The zero-order chi connectivity index (χ0) is 14.7. The molecule has 1 atom stereocenters. The number of anilines is 1. The second-order valence-corrected chi connectivity index (χ2v) is 5.05. The van der Waals surface area contributed by atoms with Crippen molar-refractivity contribution >= 4 is 5.69 Å². The van der Waals surface area contributed by atoms with E-state index in [9.17, 15) is 5.11 Å². The molecule has 0 radical (unpaired) electrons. The molecule has 0 saturated heterocycles. The van der Waals surface area contributed by atoms with Crippen LogP contribution in [0.1, 0.15) is 23.7 Å². The maximum Gasteiger partial charge on any atom is 0.161 e. The molecule has 3 N–H and O–H groups in total. The fourth-order valence-electron chi connectivity index (χ4n) is 2.32. The largest absolute Gasteiger partial charge is 0.490 e. The van der Waals surface area contributed by atoms with Crippen molar-refractivity contribution in [2.45, 2.75) is 18.9 Å². The molecule has 5 heteroatoms. The van der Waals surface area contributed by atoms with Crippen LogP contribution in [-0.4, -0.2) is 23.3 Å². The number of aliphatic hydroxyl groups excluding tert-OH is 1. The van der Waals surface area contributed by atoms with E-state index in [-0.39, 0.29) is 0 Å². The van der Waals surface area contributed by atoms with E-state index in [1.165, 1.54) is 0 Å². The van der Waals surface area contributed by atoms with Gasteiger partial charge in [-0.2, -0.15) is 0 Å². The van der Waals surface area contributed by atoms with E-state index in [2.05, 4.69) is 4.98 Å². The normalized spacial score (nSPS) is 15.3. The first-order valence-corrected chi connectivity index (χ1v) is 7.00. The Kier molecular flexibility index (Phi) is 3.92. The van der Waals surface area contributed by atoms with Crippen LogP contribution in [0.25, 0.3) is 0 Å². The molecule has 0 fully saturated rings. The maximum absolute atomic E-state index is 10.4. The molecule has 1 aromatic carbocycles. The molecule has 1 aromatic heterocycles. The Labute approximate surface area is 123 Å². The summed E-state index contributed by atoms with van der Waals surface area (Å²) in [6, 6.07) is 7.25. The molecule has 110 valence electrons. The third kappa shape index (κ3) is 3.08. The molecule has 3 rings (SSSR count). The van der Waals surface area contributed by atoms with Gasteiger partial charge in [0, 0.05) is 30.9 Å². The molecule has 21 heavy (non-hydrogen) atoms. The smallest absolute Gasteiger partial charge is 0.161 e. The third-order valence-electron chi connectivity index (χ3n) is 3.51.